The van der Waals surface area contributed by atoms with Crippen LogP contribution in [0.2, 0.25) is 0 Å². The monoisotopic (exact) mass is 321 g/mol. The van der Waals surface area contributed by atoms with Gasteiger partial charge in [-0.1, -0.05) is 0 Å². The maximum absolute atomic E-state index is 12.1. The van der Waals surface area contributed by atoms with E-state index >= 15 is 0 Å². The minimum absolute atomic E-state index is 0.0471. The van der Waals surface area contributed by atoms with Crippen molar-refractivity contribution in [3.63, 3.8) is 0 Å². The predicted molar refractivity (Wildman–Crippen MR) is 85.9 cm³/mol. The van der Waals surface area contributed by atoms with Crippen LogP contribution in [0, 0.1) is 6.92 Å². The number of nitrogens with one attached hydrogen (secondary N) is 1. The molecule has 1 amide bonds. The molecule has 0 aliphatic carbocycles. The van der Waals surface area contributed by atoms with Gasteiger partial charge in [0.15, 0.2) is 0 Å². The highest BCUT2D eigenvalue weighted by atomic mass is 32.1. The van der Waals surface area contributed by atoms with Crippen LogP contribution in [0.3, 0.4) is 0 Å². The number of thiophene rings is 2. The highest BCUT2D eigenvalue weighted by molar-refractivity contribution is 7.12. The molecule has 1 unspecified atom stereocenters. The van der Waals surface area contributed by atoms with E-state index < -0.39 is 5.97 Å². The predicted octanol–water partition coefficient (Wildman–Crippen LogP) is 3.71. The Hall–Kier alpha value is -1.92. The molecule has 2 heterocycles. The molecule has 2 rings (SSSR count). The van der Waals surface area contributed by atoms with Crippen LogP contribution in [0.15, 0.2) is 29.7 Å². The summed E-state index contributed by atoms with van der Waals surface area (Å²) < 4.78 is 0. The molecule has 0 fully saturated rings. The van der Waals surface area contributed by atoms with Crippen molar-refractivity contribution < 1.29 is 14.7 Å². The fourth-order valence-corrected chi connectivity index (χ4v) is 3.41. The first-order valence-corrected chi connectivity index (χ1v) is 8.02. The molecule has 2 N–H and O–H groups in total. The largest absolute Gasteiger partial charge is 0.478 e. The molecule has 0 aromatic carbocycles. The first-order chi connectivity index (χ1) is 9.95. The Balaban J connectivity index is 2.02. The van der Waals surface area contributed by atoms with Crippen LogP contribution in [0.1, 0.15) is 38.0 Å². The zero-order valence-corrected chi connectivity index (χ0v) is 13.3. The molecule has 0 radical (unpaired) electrons. The van der Waals surface area contributed by atoms with Crippen LogP contribution >= 0.6 is 22.7 Å². The van der Waals surface area contributed by atoms with Gasteiger partial charge in [0, 0.05) is 26.1 Å². The minimum atomic E-state index is -1.00. The average Bonchev–Trinajstić information content (AvgIpc) is 3.05. The van der Waals surface area contributed by atoms with Crippen molar-refractivity contribution in [2.24, 2.45) is 0 Å². The molecule has 2 aromatic heterocycles. The first kappa shape index (κ1) is 15.5. The second kappa shape index (κ2) is 6.69. The van der Waals surface area contributed by atoms with Gasteiger partial charge in [-0.3, -0.25) is 4.79 Å². The van der Waals surface area contributed by atoms with Crippen molar-refractivity contribution in [1.82, 2.24) is 5.32 Å². The molecule has 0 bridgehead atoms. The van der Waals surface area contributed by atoms with Crippen LogP contribution < -0.4 is 5.32 Å². The summed E-state index contributed by atoms with van der Waals surface area (Å²) in [6.45, 7) is 3.98. The summed E-state index contributed by atoms with van der Waals surface area (Å²) in [5.74, 6) is -1.16. The zero-order chi connectivity index (χ0) is 15.4. The van der Waals surface area contributed by atoms with E-state index in [-0.39, 0.29) is 11.9 Å². The van der Waals surface area contributed by atoms with Crippen LogP contribution in [-0.4, -0.2) is 17.0 Å². The third-order valence-electron chi connectivity index (χ3n) is 2.81. The van der Waals surface area contributed by atoms with Gasteiger partial charge in [0.05, 0.1) is 11.6 Å². The summed E-state index contributed by atoms with van der Waals surface area (Å²) in [6, 6.07) is 5.68. The lowest BCUT2D eigenvalue weighted by molar-refractivity contribution is -0.131. The fourth-order valence-electron chi connectivity index (χ4n) is 1.75. The molecular formula is C15H15NO3S2. The Morgan fingerprint density at radius 1 is 1.38 bits per heavy atom. The Labute approximate surface area is 130 Å². The first-order valence-electron chi connectivity index (χ1n) is 6.32. The highest BCUT2D eigenvalue weighted by Gasteiger charge is 2.13. The fraction of sp³-hybridized carbons (Fsp3) is 0.200. The van der Waals surface area contributed by atoms with Gasteiger partial charge in [-0.2, -0.15) is 0 Å². The summed E-state index contributed by atoms with van der Waals surface area (Å²) in [6.07, 6.45) is 2.54. The van der Waals surface area contributed by atoms with E-state index in [1.165, 1.54) is 22.3 Å². The normalized spacial score (nSPS) is 12.5. The SMILES string of the molecule is Cc1ccc(C(C)NC(=O)c2csc(C=CC(=O)O)c2)s1. The quantitative estimate of drug-likeness (QED) is 0.825. The molecule has 110 valence electrons. The molecule has 2 aromatic rings. The lowest BCUT2D eigenvalue weighted by Crippen LogP contribution is -2.25. The number of carbonyl (C=O) groups excluding carboxylic acids is 1. The number of hydrogen-bond donors (Lipinski definition) is 2. The third kappa shape index (κ3) is 4.27. The van der Waals surface area contributed by atoms with Gasteiger partial charge in [-0.05, 0) is 38.1 Å². The molecule has 4 nitrogen and oxygen atoms in total. The van der Waals surface area contributed by atoms with Gasteiger partial charge < -0.3 is 10.4 Å². The van der Waals surface area contributed by atoms with Gasteiger partial charge in [0.1, 0.15) is 0 Å². The summed E-state index contributed by atoms with van der Waals surface area (Å²) in [5.41, 5.74) is 0.546. The molecule has 0 saturated heterocycles. The van der Waals surface area contributed by atoms with Crippen molar-refractivity contribution in [1.29, 1.82) is 0 Å². The Bertz CT molecular complexity index is 685. The molecule has 0 saturated carbocycles. The van der Waals surface area contributed by atoms with Crippen LogP contribution in [0.5, 0.6) is 0 Å². The van der Waals surface area contributed by atoms with E-state index in [9.17, 15) is 9.59 Å². The van der Waals surface area contributed by atoms with E-state index in [0.29, 0.717) is 5.56 Å². The summed E-state index contributed by atoms with van der Waals surface area (Å²) in [5, 5.41) is 13.2. The Morgan fingerprint density at radius 3 is 2.76 bits per heavy atom. The number of carboxylic acids is 1. The van der Waals surface area contributed by atoms with E-state index in [1.807, 2.05) is 26.0 Å². The summed E-state index contributed by atoms with van der Waals surface area (Å²) in [7, 11) is 0. The lowest BCUT2D eigenvalue weighted by Gasteiger charge is -2.11. The highest BCUT2D eigenvalue weighted by Crippen LogP contribution is 2.23. The smallest absolute Gasteiger partial charge is 0.328 e. The van der Waals surface area contributed by atoms with Crippen molar-refractivity contribution in [3.8, 4) is 0 Å². The zero-order valence-electron chi connectivity index (χ0n) is 11.6. The molecule has 0 aliphatic rings. The van der Waals surface area contributed by atoms with Gasteiger partial charge >= 0.3 is 5.97 Å². The average molecular weight is 321 g/mol. The third-order valence-corrected chi connectivity index (χ3v) is 4.89. The van der Waals surface area contributed by atoms with Crippen molar-refractivity contribution >= 4 is 40.6 Å². The number of carboxylic acid groups (broad SMARTS) is 1. The van der Waals surface area contributed by atoms with E-state index in [1.54, 1.807) is 22.8 Å². The Morgan fingerprint density at radius 2 is 2.14 bits per heavy atom. The maximum Gasteiger partial charge on any atom is 0.328 e. The number of aryl methyl sites for hydroxylation is 1. The maximum atomic E-state index is 12.1. The minimum Gasteiger partial charge on any atom is -0.478 e. The summed E-state index contributed by atoms with van der Waals surface area (Å²) in [4.78, 5) is 25.7. The number of carbonyl (C=O) groups is 2. The topological polar surface area (TPSA) is 66.4 Å². The van der Waals surface area contributed by atoms with Crippen LogP contribution in [0.25, 0.3) is 6.08 Å². The lowest BCUT2D eigenvalue weighted by atomic mass is 10.2. The van der Waals surface area contributed by atoms with Gasteiger partial charge in [-0.15, -0.1) is 22.7 Å². The molecule has 0 spiro atoms. The molecular weight excluding hydrogens is 306 g/mol. The van der Waals surface area contributed by atoms with Gasteiger partial charge in [-0.25, -0.2) is 4.79 Å². The number of amides is 1. The van der Waals surface area contributed by atoms with Gasteiger partial charge in [0.25, 0.3) is 5.91 Å². The van der Waals surface area contributed by atoms with E-state index in [2.05, 4.69) is 5.32 Å². The van der Waals surface area contributed by atoms with Crippen LogP contribution in [0.4, 0.5) is 0 Å². The number of rotatable bonds is 5. The number of hydrogen-bond acceptors (Lipinski definition) is 4. The second-order valence-electron chi connectivity index (χ2n) is 4.55. The van der Waals surface area contributed by atoms with E-state index in [0.717, 1.165) is 15.8 Å². The van der Waals surface area contributed by atoms with Crippen molar-refractivity contribution in [2.75, 3.05) is 0 Å². The molecule has 6 heteroatoms. The number of aliphatic carboxylic acids is 1. The van der Waals surface area contributed by atoms with Crippen molar-refractivity contribution in [2.45, 2.75) is 19.9 Å². The second-order valence-corrected chi connectivity index (χ2v) is 6.82. The van der Waals surface area contributed by atoms with Crippen molar-refractivity contribution in [3.05, 3.63) is 49.9 Å². The van der Waals surface area contributed by atoms with Crippen LogP contribution in [-0.2, 0) is 4.79 Å². The molecule has 0 aliphatic heterocycles. The molecule has 21 heavy (non-hydrogen) atoms. The standard InChI is InChI=1S/C15H15NO3S2/c1-9-3-5-13(21-9)10(2)16-15(19)11-7-12(20-8-11)4-6-14(17)18/h3-8,10H,1-2H3,(H,16,19)(H,17,18). The summed E-state index contributed by atoms with van der Waals surface area (Å²) >= 11 is 3.00. The van der Waals surface area contributed by atoms with E-state index in [4.69, 9.17) is 5.11 Å². The van der Waals surface area contributed by atoms with Gasteiger partial charge in [0.2, 0.25) is 0 Å². The molecule has 1 atom stereocenters. The Kier molecular flexibility index (Phi) is 4.93.